The molecule has 0 spiro atoms. The van der Waals surface area contributed by atoms with Crippen LogP contribution in [0.1, 0.15) is 16.7 Å². The molecule has 3 aromatic carbocycles. The van der Waals surface area contributed by atoms with Crippen LogP contribution in [-0.2, 0) is 38.8 Å². The standard InChI is InChI=1S/C27H29N3O5/c28-30-29-24-25(33-17-21-12-6-2-7-13-21)23(19-32-16-20-10-4-1-5-11-20)35-27(31)26(24)34-18-22-14-8-3-9-15-22/h1-15,23-27,31H,16-19H2/t23-,24-,25-,26+,27+/m1/s1. The van der Waals surface area contributed by atoms with Gasteiger partial charge in [0.1, 0.15) is 12.2 Å². The number of aliphatic hydroxyl groups is 1. The molecule has 1 N–H and O–H groups in total. The van der Waals surface area contributed by atoms with Crippen LogP contribution in [0.5, 0.6) is 0 Å². The van der Waals surface area contributed by atoms with Crippen LogP contribution in [0.3, 0.4) is 0 Å². The molecule has 1 fully saturated rings. The van der Waals surface area contributed by atoms with Gasteiger partial charge < -0.3 is 24.1 Å². The van der Waals surface area contributed by atoms with Gasteiger partial charge in [-0.1, -0.05) is 96.1 Å². The number of hydrogen-bond donors (Lipinski definition) is 1. The minimum absolute atomic E-state index is 0.147. The number of benzene rings is 3. The number of rotatable bonds is 11. The maximum Gasteiger partial charge on any atom is 0.182 e. The molecule has 0 radical (unpaired) electrons. The van der Waals surface area contributed by atoms with Gasteiger partial charge >= 0.3 is 0 Å². The molecule has 0 aromatic heterocycles. The third-order valence-corrected chi connectivity index (χ3v) is 5.78. The van der Waals surface area contributed by atoms with E-state index in [0.29, 0.717) is 6.61 Å². The topological polar surface area (TPSA) is 106 Å². The Morgan fingerprint density at radius 1 is 0.743 bits per heavy atom. The number of hydrogen-bond acceptors (Lipinski definition) is 6. The first kappa shape index (κ1) is 24.9. The molecule has 5 atom stereocenters. The quantitative estimate of drug-likeness (QED) is 0.244. The van der Waals surface area contributed by atoms with E-state index in [1.54, 1.807) is 0 Å². The van der Waals surface area contributed by atoms with Gasteiger partial charge in [0, 0.05) is 4.91 Å². The molecule has 8 heteroatoms. The Morgan fingerprint density at radius 2 is 1.23 bits per heavy atom. The van der Waals surface area contributed by atoms with Gasteiger partial charge in [-0.25, -0.2) is 0 Å². The maximum atomic E-state index is 10.8. The summed E-state index contributed by atoms with van der Waals surface area (Å²) in [5.41, 5.74) is 12.2. The summed E-state index contributed by atoms with van der Waals surface area (Å²) in [6, 6.07) is 28.2. The van der Waals surface area contributed by atoms with Gasteiger partial charge in [0.2, 0.25) is 0 Å². The second kappa shape index (κ2) is 13.0. The monoisotopic (exact) mass is 475 g/mol. The van der Waals surface area contributed by atoms with Gasteiger partial charge in [0.25, 0.3) is 0 Å². The molecule has 0 unspecified atom stereocenters. The van der Waals surface area contributed by atoms with Crippen LogP contribution in [0.4, 0.5) is 0 Å². The number of nitrogens with zero attached hydrogens (tertiary/aromatic N) is 3. The summed E-state index contributed by atoms with van der Waals surface area (Å²) in [4.78, 5) is 3.02. The Balaban J connectivity index is 1.49. The Kier molecular flexibility index (Phi) is 9.25. The van der Waals surface area contributed by atoms with Crippen LogP contribution in [-0.4, -0.2) is 42.4 Å². The van der Waals surface area contributed by atoms with Crippen LogP contribution >= 0.6 is 0 Å². The van der Waals surface area contributed by atoms with Crippen LogP contribution in [0, 0.1) is 0 Å². The summed E-state index contributed by atoms with van der Waals surface area (Å²) in [7, 11) is 0. The van der Waals surface area contributed by atoms with Gasteiger partial charge in [-0.05, 0) is 22.2 Å². The molecule has 0 bridgehead atoms. The first-order valence-corrected chi connectivity index (χ1v) is 11.5. The minimum atomic E-state index is -1.31. The van der Waals surface area contributed by atoms with E-state index in [0.717, 1.165) is 16.7 Å². The van der Waals surface area contributed by atoms with Gasteiger partial charge in [0.05, 0.1) is 38.6 Å². The Bertz CT molecular complexity index is 1060. The normalized spacial score (nSPS) is 24.0. The van der Waals surface area contributed by atoms with Crippen molar-refractivity contribution in [2.45, 2.75) is 50.5 Å². The van der Waals surface area contributed by atoms with Crippen LogP contribution < -0.4 is 0 Å². The Morgan fingerprint density at radius 3 is 1.74 bits per heavy atom. The Labute approximate surface area is 204 Å². The molecule has 8 nitrogen and oxygen atoms in total. The Hall–Kier alpha value is -3.23. The van der Waals surface area contributed by atoms with Crippen LogP contribution in [0.2, 0.25) is 0 Å². The van der Waals surface area contributed by atoms with Crippen molar-refractivity contribution in [3.8, 4) is 0 Å². The second-order valence-electron chi connectivity index (χ2n) is 8.28. The van der Waals surface area contributed by atoms with Gasteiger partial charge in [-0.15, -0.1) is 0 Å². The number of ether oxygens (including phenoxy) is 4. The zero-order valence-corrected chi connectivity index (χ0v) is 19.3. The smallest absolute Gasteiger partial charge is 0.182 e. The molecular weight excluding hydrogens is 446 g/mol. The SMILES string of the molecule is [N-]=[N+]=N[C@H]1[C@H](OCc2ccccc2)[C@@H](O)O[C@H](COCc2ccccc2)[C@H]1OCc1ccccc1. The first-order chi connectivity index (χ1) is 17.2. The maximum absolute atomic E-state index is 10.8. The summed E-state index contributed by atoms with van der Waals surface area (Å²) in [6.07, 6.45) is -3.57. The van der Waals surface area contributed by atoms with Crippen LogP contribution in [0.15, 0.2) is 96.1 Å². The molecule has 35 heavy (non-hydrogen) atoms. The predicted molar refractivity (Wildman–Crippen MR) is 130 cm³/mol. The molecule has 1 heterocycles. The van der Waals surface area contributed by atoms with E-state index in [4.69, 9.17) is 18.9 Å². The fourth-order valence-corrected chi connectivity index (χ4v) is 4.02. The highest BCUT2D eigenvalue weighted by atomic mass is 16.7. The zero-order valence-electron chi connectivity index (χ0n) is 19.3. The molecule has 1 aliphatic rings. The van der Waals surface area contributed by atoms with Gasteiger partial charge in [-0.3, -0.25) is 0 Å². The van der Waals surface area contributed by atoms with Crippen molar-refractivity contribution < 1.29 is 24.1 Å². The van der Waals surface area contributed by atoms with E-state index < -0.39 is 30.6 Å². The molecular formula is C27H29N3O5. The fourth-order valence-electron chi connectivity index (χ4n) is 4.02. The lowest BCUT2D eigenvalue weighted by molar-refractivity contribution is -0.281. The average Bonchev–Trinajstić information content (AvgIpc) is 2.90. The molecule has 4 rings (SSSR count). The molecule has 182 valence electrons. The minimum Gasteiger partial charge on any atom is -0.374 e. The first-order valence-electron chi connectivity index (χ1n) is 11.5. The molecule has 3 aromatic rings. The molecule has 1 saturated heterocycles. The number of azide groups is 1. The van der Waals surface area contributed by atoms with E-state index in [1.807, 2.05) is 91.0 Å². The van der Waals surface area contributed by atoms with E-state index in [2.05, 4.69) is 10.0 Å². The summed E-state index contributed by atoms with van der Waals surface area (Å²) in [6.45, 7) is 1.03. The second-order valence-corrected chi connectivity index (χ2v) is 8.28. The average molecular weight is 476 g/mol. The molecule has 0 saturated carbocycles. The lowest BCUT2D eigenvalue weighted by Crippen LogP contribution is -2.59. The highest BCUT2D eigenvalue weighted by molar-refractivity contribution is 5.15. The van der Waals surface area contributed by atoms with E-state index in [9.17, 15) is 10.6 Å². The summed E-state index contributed by atoms with van der Waals surface area (Å²) in [5, 5.41) is 14.8. The largest absolute Gasteiger partial charge is 0.374 e. The van der Waals surface area contributed by atoms with Crippen molar-refractivity contribution in [2.24, 2.45) is 5.11 Å². The molecule has 0 aliphatic carbocycles. The lowest BCUT2D eigenvalue weighted by Gasteiger charge is -2.43. The summed E-state index contributed by atoms with van der Waals surface area (Å²) in [5.74, 6) is 0. The van der Waals surface area contributed by atoms with Gasteiger partial charge in [-0.2, -0.15) is 0 Å². The van der Waals surface area contributed by atoms with Crippen molar-refractivity contribution >= 4 is 0 Å². The highest BCUT2D eigenvalue weighted by Gasteiger charge is 2.46. The van der Waals surface area contributed by atoms with Crippen molar-refractivity contribution in [3.63, 3.8) is 0 Å². The predicted octanol–water partition coefficient (Wildman–Crippen LogP) is 4.77. The van der Waals surface area contributed by atoms with E-state index >= 15 is 0 Å². The molecule has 1 aliphatic heterocycles. The van der Waals surface area contributed by atoms with Crippen molar-refractivity contribution in [2.75, 3.05) is 6.61 Å². The molecule has 0 amide bonds. The van der Waals surface area contributed by atoms with E-state index in [1.165, 1.54) is 0 Å². The fraction of sp³-hybridized carbons (Fsp3) is 0.333. The van der Waals surface area contributed by atoms with E-state index in [-0.39, 0.29) is 19.8 Å². The summed E-state index contributed by atoms with van der Waals surface area (Å²) >= 11 is 0. The number of aliphatic hydroxyl groups excluding tert-OH is 1. The van der Waals surface area contributed by atoms with Crippen molar-refractivity contribution in [3.05, 3.63) is 118 Å². The third kappa shape index (κ3) is 7.13. The highest BCUT2D eigenvalue weighted by Crippen LogP contribution is 2.29. The van der Waals surface area contributed by atoms with Crippen molar-refractivity contribution in [1.29, 1.82) is 0 Å². The lowest BCUT2D eigenvalue weighted by atomic mass is 9.96. The summed E-state index contributed by atoms with van der Waals surface area (Å²) < 4.78 is 24.0. The van der Waals surface area contributed by atoms with Crippen LogP contribution in [0.25, 0.3) is 10.4 Å². The van der Waals surface area contributed by atoms with Gasteiger partial charge in [0.15, 0.2) is 6.29 Å². The van der Waals surface area contributed by atoms with Crippen molar-refractivity contribution in [1.82, 2.24) is 0 Å². The third-order valence-electron chi connectivity index (χ3n) is 5.78. The zero-order chi connectivity index (χ0) is 24.3.